The van der Waals surface area contributed by atoms with Gasteiger partial charge in [0.2, 0.25) is 0 Å². The Bertz CT molecular complexity index is 740. The second-order valence-electron chi connectivity index (χ2n) is 10.0. The number of aromatic hydroxyl groups is 1. The van der Waals surface area contributed by atoms with Gasteiger partial charge in [0.1, 0.15) is 5.75 Å². The molecule has 2 saturated carbocycles. The third-order valence-electron chi connectivity index (χ3n) is 8.15. The summed E-state index contributed by atoms with van der Waals surface area (Å²) in [5.74, 6) is 2.78. The molecule has 0 amide bonds. The minimum Gasteiger partial charge on any atom is -0.508 e. The predicted molar refractivity (Wildman–Crippen MR) is 117 cm³/mol. The van der Waals surface area contributed by atoms with Crippen molar-refractivity contribution in [2.24, 2.45) is 17.3 Å². The van der Waals surface area contributed by atoms with E-state index in [1.807, 2.05) is 0 Å². The molecule has 0 aromatic heterocycles. The summed E-state index contributed by atoms with van der Waals surface area (Å²) < 4.78 is 0. The van der Waals surface area contributed by atoms with Crippen LogP contribution in [0.2, 0.25) is 0 Å². The molecule has 0 spiro atoms. The van der Waals surface area contributed by atoms with E-state index in [-0.39, 0.29) is 0 Å². The van der Waals surface area contributed by atoms with Crippen molar-refractivity contribution in [3.8, 4) is 5.75 Å². The minimum atomic E-state index is 0.381. The van der Waals surface area contributed by atoms with Crippen LogP contribution in [0.15, 0.2) is 24.3 Å². The van der Waals surface area contributed by atoms with Crippen molar-refractivity contribution in [3.63, 3.8) is 0 Å². The quantitative estimate of drug-likeness (QED) is 0.545. The second kappa shape index (κ2) is 7.84. The fraction of sp³-hybridized carbons (Fsp3) is 0.680. The number of nitrogens with zero attached hydrogens (tertiary/aromatic N) is 1. The summed E-state index contributed by atoms with van der Waals surface area (Å²) in [4.78, 5) is 2.21. The molecule has 0 radical (unpaired) electrons. The SMILES string of the molecule is C=C1CC[C@H]2[C@@H]3CCc4cc(O)c(CNCCCN(C)C)cc4[C@H]3CC[C@]12C. The summed E-state index contributed by atoms with van der Waals surface area (Å²) in [6.07, 6.45) is 8.68. The smallest absolute Gasteiger partial charge is 0.120 e. The van der Waals surface area contributed by atoms with Gasteiger partial charge < -0.3 is 15.3 Å². The largest absolute Gasteiger partial charge is 0.508 e. The van der Waals surface area contributed by atoms with Gasteiger partial charge in [0.15, 0.2) is 0 Å². The molecule has 0 saturated heterocycles. The zero-order chi connectivity index (χ0) is 19.9. The van der Waals surface area contributed by atoms with E-state index in [0.29, 0.717) is 17.1 Å². The van der Waals surface area contributed by atoms with Gasteiger partial charge >= 0.3 is 0 Å². The standard InChI is InChI=1S/C25H38N2O/c1-17-6-9-23-21-8-7-18-15-24(28)19(16-26-12-5-13-27(3)4)14-22(18)20(21)10-11-25(17,23)2/h14-15,20-21,23,26,28H,1,5-13,16H2,2-4H3/t20-,21+,23-,25+/m0/s1. The number of phenols is 1. The van der Waals surface area contributed by atoms with E-state index < -0.39 is 0 Å². The Labute approximate surface area is 171 Å². The molecule has 0 heterocycles. The maximum atomic E-state index is 10.6. The Kier molecular flexibility index (Phi) is 5.59. The Balaban J connectivity index is 1.49. The van der Waals surface area contributed by atoms with Gasteiger partial charge in [-0.1, -0.05) is 25.1 Å². The molecule has 3 nitrogen and oxygen atoms in total. The zero-order valence-electron chi connectivity index (χ0n) is 18.1. The number of allylic oxidation sites excluding steroid dienone is 1. The first kappa shape index (κ1) is 20.0. The van der Waals surface area contributed by atoms with E-state index in [4.69, 9.17) is 0 Å². The van der Waals surface area contributed by atoms with Gasteiger partial charge in [-0.25, -0.2) is 0 Å². The Morgan fingerprint density at radius 2 is 2.04 bits per heavy atom. The first-order valence-electron chi connectivity index (χ1n) is 11.3. The predicted octanol–water partition coefficient (Wildman–Crippen LogP) is 4.85. The molecule has 0 aliphatic heterocycles. The molecule has 2 N–H and O–H groups in total. The summed E-state index contributed by atoms with van der Waals surface area (Å²) in [6.45, 7) is 9.77. The van der Waals surface area contributed by atoms with Crippen molar-refractivity contribution in [3.05, 3.63) is 41.0 Å². The summed E-state index contributed by atoms with van der Waals surface area (Å²) in [5.41, 5.74) is 5.91. The average Bonchev–Trinajstić information content (AvgIpc) is 2.96. The number of benzene rings is 1. The van der Waals surface area contributed by atoms with Crippen LogP contribution in [0.1, 0.15) is 68.1 Å². The van der Waals surface area contributed by atoms with Crippen LogP contribution < -0.4 is 5.32 Å². The molecule has 3 aliphatic carbocycles. The van der Waals surface area contributed by atoms with Crippen molar-refractivity contribution in [1.82, 2.24) is 10.2 Å². The average molecular weight is 383 g/mol. The molecule has 154 valence electrons. The van der Waals surface area contributed by atoms with Crippen LogP contribution in [0.25, 0.3) is 0 Å². The molecule has 4 atom stereocenters. The van der Waals surface area contributed by atoms with Gasteiger partial charge in [0, 0.05) is 12.1 Å². The van der Waals surface area contributed by atoms with E-state index >= 15 is 0 Å². The van der Waals surface area contributed by atoms with Crippen LogP contribution in [-0.2, 0) is 13.0 Å². The summed E-state index contributed by atoms with van der Waals surface area (Å²) in [5, 5.41) is 14.1. The Hall–Kier alpha value is -1.32. The third-order valence-corrected chi connectivity index (χ3v) is 8.15. The first-order valence-corrected chi connectivity index (χ1v) is 11.3. The van der Waals surface area contributed by atoms with E-state index in [9.17, 15) is 5.11 Å². The monoisotopic (exact) mass is 382 g/mol. The molecule has 3 heteroatoms. The highest BCUT2D eigenvalue weighted by molar-refractivity contribution is 5.46. The van der Waals surface area contributed by atoms with Gasteiger partial charge in [-0.05, 0) is 112 Å². The summed E-state index contributed by atoms with van der Waals surface area (Å²) in [6, 6.07) is 4.41. The maximum Gasteiger partial charge on any atom is 0.120 e. The Morgan fingerprint density at radius 1 is 1.21 bits per heavy atom. The third kappa shape index (κ3) is 3.52. The van der Waals surface area contributed by atoms with E-state index in [2.05, 4.69) is 49.9 Å². The summed E-state index contributed by atoms with van der Waals surface area (Å²) in [7, 11) is 4.22. The van der Waals surface area contributed by atoms with Gasteiger partial charge in [0.25, 0.3) is 0 Å². The number of hydrogen-bond acceptors (Lipinski definition) is 3. The lowest BCUT2D eigenvalue weighted by molar-refractivity contribution is 0.0816. The van der Waals surface area contributed by atoms with E-state index in [1.165, 1.54) is 43.2 Å². The Morgan fingerprint density at radius 3 is 2.82 bits per heavy atom. The molecular weight excluding hydrogens is 344 g/mol. The molecule has 28 heavy (non-hydrogen) atoms. The highest BCUT2D eigenvalue weighted by Gasteiger charge is 2.51. The number of fused-ring (bicyclic) bond motifs is 5. The maximum absolute atomic E-state index is 10.6. The number of hydrogen-bond donors (Lipinski definition) is 2. The van der Waals surface area contributed by atoms with Gasteiger partial charge in [-0.15, -0.1) is 0 Å². The number of aryl methyl sites for hydroxylation is 1. The second-order valence-corrected chi connectivity index (χ2v) is 10.0. The normalized spacial score (nSPS) is 31.6. The van der Waals surface area contributed by atoms with E-state index in [0.717, 1.165) is 49.9 Å². The van der Waals surface area contributed by atoms with Crippen LogP contribution in [0.4, 0.5) is 0 Å². The fourth-order valence-electron chi connectivity index (χ4n) is 6.45. The van der Waals surface area contributed by atoms with Crippen molar-refractivity contribution < 1.29 is 5.11 Å². The van der Waals surface area contributed by atoms with Gasteiger partial charge in [0.05, 0.1) is 0 Å². The van der Waals surface area contributed by atoms with Crippen LogP contribution in [0.5, 0.6) is 5.75 Å². The van der Waals surface area contributed by atoms with E-state index in [1.54, 1.807) is 5.56 Å². The lowest BCUT2D eigenvalue weighted by atomic mass is 9.55. The minimum absolute atomic E-state index is 0.381. The lowest BCUT2D eigenvalue weighted by Crippen LogP contribution is -2.40. The van der Waals surface area contributed by atoms with Crippen molar-refractivity contribution in [1.29, 1.82) is 0 Å². The summed E-state index contributed by atoms with van der Waals surface area (Å²) >= 11 is 0. The van der Waals surface area contributed by atoms with Crippen LogP contribution in [0.3, 0.4) is 0 Å². The van der Waals surface area contributed by atoms with Crippen molar-refractivity contribution in [2.45, 2.75) is 64.3 Å². The van der Waals surface area contributed by atoms with Crippen LogP contribution in [0, 0.1) is 17.3 Å². The molecule has 1 aromatic carbocycles. The van der Waals surface area contributed by atoms with Gasteiger partial charge in [-0.3, -0.25) is 0 Å². The highest BCUT2D eigenvalue weighted by Crippen LogP contribution is 2.62. The van der Waals surface area contributed by atoms with Gasteiger partial charge in [-0.2, -0.15) is 0 Å². The number of phenolic OH excluding ortho intramolecular Hbond substituents is 1. The molecule has 0 bridgehead atoms. The molecule has 3 aliphatic rings. The molecule has 4 rings (SSSR count). The first-order chi connectivity index (χ1) is 13.4. The topological polar surface area (TPSA) is 35.5 Å². The van der Waals surface area contributed by atoms with Crippen molar-refractivity contribution in [2.75, 3.05) is 27.2 Å². The van der Waals surface area contributed by atoms with Crippen LogP contribution in [-0.4, -0.2) is 37.2 Å². The molecule has 1 aromatic rings. The van der Waals surface area contributed by atoms with Crippen LogP contribution >= 0.6 is 0 Å². The number of nitrogens with one attached hydrogen (secondary N) is 1. The molecular formula is C25H38N2O. The lowest BCUT2D eigenvalue weighted by Gasteiger charge is -2.49. The molecule has 2 fully saturated rings. The molecule has 0 unspecified atom stereocenters. The zero-order valence-corrected chi connectivity index (χ0v) is 18.1. The van der Waals surface area contributed by atoms with Crippen molar-refractivity contribution >= 4 is 0 Å². The highest BCUT2D eigenvalue weighted by atomic mass is 16.3. The fourth-order valence-corrected chi connectivity index (χ4v) is 6.45. The number of rotatable bonds is 6.